The van der Waals surface area contributed by atoms with E-state index in [9.17, 15) is 4.39 Å². The fourth-order valence-corrected chi connectivity index (χ4v) is 2.19. The molecule has 3 nitrogen and oxygen atoms in total. The Labute approximate surface area is 132 Å². The lowest BCUT2D eigenvalue weighted by Crippen LogP contribution is -2.11. The minimum atomic E-state index is -0.444. The maximum atomic E-state index is 13.8. The summed E-state index contributed by atoms with van der Waals surface area (Å²) < 4.78 is 19.0. The van der Waals surface area contributed by atoms with Gasteiger partial charge in [-0.1, -0.05) is 23.8 Å². The highest BCUT2D eigenvalue weighted by molar-refractivity contribution is 7.80. The molecule has 0 saturated carbocycles. The van der Waals surface area contributed by atoms with Gasteiger partial charge in [-0.25, -0.2) is 4.39 Å². The molecule has 0 aromatic heterocycles. The van der Waals surface area contributed by atoms with E-state index in [4.69, 9.17) is 34.3 Å². The first-order chi connectivity index (χ1) is 10.0. The number of nitrogens with one attached hydrogen (secondary N) is 1. The van der Waals surface area contributed by atoms with E-state index in [0.717, 1.165) is 0 Å². The van der Waals surface area contributed by atoms with Crippen molar-refractivity contribution >= 4 is 40.2 Å². The molecule has 0 radical (unpaired) electrons. The van der Waals surface area contributed by atoms with E-state index in [1.54, 1.807) is 37.3 Å². The molecule has 6 heteroatoms. The van der Waals surface area contributed by atoms with Crippen LogP contribution in [0.25, 0.3) is 0 Å². The molecule has 0 aliphatic carbocycles. The highest BCUT2D eigenvalue weighted by atomic mass is 35.5. The summed E-state index contributed by atoms with van der Waals surface area (Å²) in [5.74, 6) is -0.232. The Bertz CT molecular complexity index is 679. The highest BCUT2D eigenvalue weighted by Gasteiger charge is 2.09. The van der Waals surface area contributed by atoms with Crippen molar-refractivity contribution in [2.24, 2.45) is 5.73 Å². The van der Waals surface area contributed by atoms with Crippen LogP contribution in [0.5, 0.6) is 5.75 Å². The van der Waals surface area contributed by atoms with E-state index in [1.165, 1.54) is 6.07 Å². The number of benzene rings is 2. The standard InChI is InChI=1S/C15H14ClFN2OS/c1-2-20-14-6-4-10(8-12(14)17)19-13-7-9(16)3-5-11(13)15(18)21/h3-8,19H,2H2,1H3,(H2,18,21). The predicted octanol–water partition coefficient (Wildman–Crippen LogP) is 4.26. The summed E-state index contributed by atoms with van der Waals surface area (Å²) in [6.45, 7) is 2.20. The summed E-state index contributed by atoms with van der Waals surface area (Å²) >= 11 is 11.0. The third-order valence-corrected chi connectivity index (χ3v) is 3.21. The van der Waals surface area contributed by atoms with Crippen molar-refractivity contribution < 1.29 is 9.13 Å². The van der Waals surface area contributed by atoms with Gasteiger partial charge in [0.15, 0.2) is 11.6 Å². The van der Waals surface area contributed by atoms with E-state index < -0.39 is 5.82 Å². The molecular formula is C15H14ClFN2OS. The fraction of sp³-hybridized carbons (Fsp3) is 0.133. The second-order valence-corrected chi connectivity index (χ2v) is 5.13. The number of nitrogens with two attached hydrogens (primary N) is 1. The molecule has 0 heterocycles. The van der Waals surface area contributed by atoms with Crippen LogP contribution in [0.2, 0.25) is 5.02 Å². The third kappa shape index (κ3) is 3.83. The van der Waals surface area contributed by atoms with Gasteiger partial charge in [0.05, 0.1) is 12.3 Å². The van der Waals surface area contributed by atoms with Gasteiger partial charge in [-0.2, -0.15) is 0 Å². The smallest absolute Gasteiger partial charge is 0.167 e. The van der Waals surface area contributed by atoms with Crippen molar-refractivity contribution in [3.63, 3.8) is 0 Å². The second-order valence-electron chi connectivity index (χ2n) is 4.26. The molecule has 3 N–H and O–H groups in total. The number of rotatable bonds is 5. The SMILES string of the molecule is CCOc1ccc(Nc2cc(Cl)ccc2C(N)=S)cc1F. The number of anilines is 2. The van der Waals surface area contributed by atoms with Gasteiger partial charge in [0.1, 0.15) is 4.99 Å². The Morgan fingerprint density at radius 1 is 1.33 bits per heavy atom. The number of halogens is 2. The molecule has 0 saturated heterocycles. The van der Waals surface area contributed by atoms with Gasteiger partial charge in [-0.05, 0) is 37.3 Å². The minimum Gasteiger partial charge on any atom is -0.491 e. The number of thiocarbonyl (C=S) groups is 1. The zero-order chi connectivity index (χ0) is 15.4. The van der Waals surface area contributed by atoms with Gasteiger partial charge in [0.25, 0.3) is 0 Å². The van der Waals surface area contributed by atoms with Crippen LogP contribution in [0.1, 0.15) is 12.5 Å². The first-order valence-corrected chi connectivity index (χ1v) is 7.08. The van der Waals surface area contributed by atoms with Crippen molar-refractivity contribution in [1.29, 1.82) is 0 Å². The van der Waals surface area contributed by atoms with Crippen LogP contribution in [0, 0.1) is 5.82 Å². The van der Waals surface area contributed by atoms with E-state index >= 15 is 0 Å². The van der Waals surface area contributed by atoms with Crippen molar-refractivity contribution in [1.82, 2.24) is 0 Å². The lowest BCUT2D eigenvalue weighted by molar-refractivity contribution is 0.321. The molecule has 0 bridgehead atoms. The lowest BCUT2D eigenvalue weighted by atomic mass is 10.1. The average molecular weight is 325 g/mol. The lowest BCUT2D eigenvalue weighted by Gasteiger charge is -2.13. The van der Waals surface area contributed by atoms with Crippen molar-refractivity contribution in [3.8, 4) is 5.75 Å². The Balaban J connectivity index is 2.32. The first kappa shape index (κ1) is 15.5. The molecule has 0 fully saturated rings. The van der Waals surface area contributed by atoms with Gasteiger partial charge in [-0.3, -0.25) is 0 Å². The molecule has 0 aliphatic rings. The highest BCUT2D eigenvalue weighted by Crippen LogP contribution is 2.27. The van der Waals surface area contributed by atoms with Crippen LogP contribution < -0.4 is 15.8 Å². The predicted molar refractivity (Wildman–Crippen MR) is 88.2 cm³/mol. The zero-order valence-corrected chi connectivity index (χ0v) is 12.9. The molecule has 2 rings (SSSR count). The van der Waals surface area contributed by atoms with Gasteiger partial charge in [0.2, 0.25) is 0 Å². The molecule has 0 atom stereocenters. The zero-order valence-electron chi connectivity index (χ0n) is 11.3. The molecule has 0 aliphatic heterocycles. The topological polar surface area (TPSA) is 47.3 Å². The summed E-state index contributed by atoms with van der Waals surface area (Å²) in [6, 6.07) is 9.71. The van der Waals surface area contributed by atoms with E-state index in [0.29, 0.717) is 28.6 Å². The normalized spacial score (nSPS) is 10.2. The van der Waals surface area contributed by atoms with E-state index in [1.807, 2.05) is 0 Å². The average Bonchev–Trinajstić information content (AvgIpc) is 2.42. The van der Waals surface area contributed by atoms with Crippen LogP contribution in [-0.2, 0) is 0 Å². The monoisotopic (exact) mass is 324 g/mol. The van der Waals surface area contributed by atoms with Crippen LogP contribution in [-0.4, -0.2) is 11.6 Å². The Morgan fingerprint density at radius 3 is 2.71 bits per heavy atom. The number of hydrogen-bond acceptors (Lipinski definition) is 3. The van der Waals surface area contributed by atoms with Gasteiger partial charge in [0, 0.05) is 22.3 Å². The van der Waals surface area contributed by atoms with Crippen molar-refractivity contribution in [3.05, 3.63) is 52.8 Å². The van der Waals surface area contributed by atoms with Crippen LogP contribution in [0.4, 0.5) is 15.8 Å². The van der Waals surface area contributed by atoms with E-state index in [-0.39, 0.29) is 10.7 Å². The van der Waals surface area contributed by atoms with Gasteiger partial charge in [-0.15, -0.1) is 0 Å². The summed E-state index contributed by atoms with van der Waals surface area (Å²) in [4.78, 5) is 0.237. The number of hydrogen-bond donors (Lipinski definition) is 2. The quantitative estimate of drug-likeness (QED) is 0.807. The van der Waals surface area contributed by atoms with E-state index in [2.05, 4.69) is 5.32 Å². The molecule has 0 spiro atoms. The molecule has 21 heavy (non-hydrogen) atoms. The Kier molecular flexibility index (Phi) is 4.98. The molecule has 0 unspecified atom stereocenters. The molecule has 110 valence electrons. The van der Waals surface area contributed by atoms with Gasteiger partial charge < -0.3 is 15.8 Å². The van der Waals surface area contributed by atoms with Crippen molar-refractivity contribution in [2.45, 2.75) is 6.92 Å². The van der Waals surface area contributed by atoms with Crippen LogP contribution in [0.15, 0.2) is 36.4 Å². The number of ether oxygens (including phenoxy) is 1. The molecular weight excluding hydrogens is 311 g/mol. The third-order valence-electron chi connectivity index (χ3n) is 2.76. The molecule has 2 aromatic rings. The molecule has 0 amide bonds. The first-order valence-electron chi connectivity index (χ1n) is 6.30. The Hall–Kier alpha value is -1.85. The van der Waals surface area contributed by atoms with Crippen LogP contribution >= 0.6 is 23.8 Å². The second kappa shape index (κ2) is 6.74. The fourth-order valence-electron chi connectivity index (χ4n) is 1.84. The minimum absolute atomic E-state index is 0.212. The summed E-state index contributed by atoms with van der Waals surface area (Å²) in [6.07, 6.45) is 0. The summed E-state index contributed by atoms with van der Waals surface area (Å²) in [5.41, 5.74) is 7.48. The van der Waals surface area contributed by atoms with Crippen LogP contribution in [0.3, 0.4) is 0 Å². The summed E-state index contributed by atoms with van der Waals surface area (Å²) in [5, 5.41) is 3.59. The largest absolute Gasteiger partial charge is 0.491 e. The summed E-state index contributed by atoms with van der Waals surface area (Å²) in [7, 11) is 0. The van der Waals surface area contributed by atoms with Gasteiger partial charge >= 0.3 is 0 Å². The maximum absolute atomic E-state index is 13.8. The maximum Gasteiger partial charge on any atom is 0.167 e. The molecule has 2 aromatic carbocycles. The van der Waals surface area contributed by atoms with Crippen molar-refractivity contribution in [2.75, 3.05) is 11.9 Å². The Morgan fingerprint density at radius 2 is 2.10 bits per heavy atom.